The Hall–Kier alpha value is -1.11. The maximum atomic E-state index is 11.7. The Balaban J connectivity index is 2.68. The lowest BCUT2D eigenvalue weighted by Gasteiger charge is -2.08. The fourth-order valence-corrected chi connectivity index (χ4v) is 2.40. The standard InChI is InChI=1S/C11H19N3O2S/c1-3-14-17(15,16)11-6-4-10(5-7-11)13-9-8-12-2/h4-7,12-14H,3,8-9H2,1-2H3. The molecule has 0 atom stereocenters. The number of nitrogens with one attached hydrogen (secondary N) is 3. The van der Waals surface area contributed by atoms with Crippen molar-refractivity contribution in [2.75, 3.05) is 32.0 Å². The molecule has 0 bridgehead atoms. The summed E-state index contributed by atoms with van der Waals surface area (Å²) in [6, 6.07) is 6.72. The number of hydrogen-bond acceptors (Lipinski definition) is 4. The number of likely N-dealkylation sites (N-methyl/N-ethyl adjacent to an activating group) is 1. The third-order valence-electron chi connectivity index (χ3n) is 2.20. The van der Waals surface area contributed by atoms with Crippen molar-refractivity contribution in [3.8, 4) is 0 Å². The van der Waals surface area contributed by atoms with E-state index in [2.05, 4.69) is 15.4 Å². The lowest BCUT2D eigenvalue weighted by molar-refractivity contribution is 0.584. The summed E-state index contributed by atoms with van der Waals surface area (Å²) in [6.45, 7) is 3.81. The van der Waals surface area contributed by atoms with Crippen molar-refractivity contribution in [3.63, 3.8) is 0 Å². The van der Waals surface area contributed by atoms with Crippen LogP contribution >= 0.6 is 0 Å². The Kier molecular flexibility index (Phi) is 5.40. The smallest absolute Gasteiger partial charge is 0.240 e. The van der Waals surface area contributed by atoms with Crippen LogP contribution in [-0.4, -0.2) is 35.1 Å². The van der Waals surface area contributed by atoms with E-state index in [-0.39, 0.29) is 0 Å². The molecule has 1 aromatic carbocycles. The van der Waals surface area contributed by atoms with Crippen LogP contribution in [0.2, 0.25) is 0 Å². The molecule has 96 valence electrons. The minimum atomic E-state index is -3.34. The molecule has 6 heteroatoms. The van der Waals surface area contributed by atoms with Gasteiger partial charge < -0.3 is 10.6 Å². The second-order valence-corrected chi connectivity index (χ2v) is 5.32. The maximum Gasteiger partial charge on any atom is 0.240 e. The molecule has 0 aliphatic rings. The van der Waals surface area contributed by atoms with Crippen LogP contribution < -0.4 is 15.4 Å². The average molecular weight is 257 g/mol. The van der Waals surface area contributed by atoms with Crippen LogP contribution in [0.15, 0.2) is 29.2 Å². The molecule has 5 nitrogen and oxygen atoms in total. The van der Waals surface area contributed by atoms with Crippen molar-refractivity contribution in [1.82, 2.24) is 10.0 Å². The Morgan fingerprint density at radius 3 is 2.29 bits per heavy atom. The predicted molar refractivity (Wildman–Crippen MR) is 69.7 cm³/mol. The Bertz CT molecular complexity index is 429. The van der Waals surface area contributed by atoms with E-state index in [1.165, 1.54) is 0 Å². The Morgan fingerprint density at radius 1 is 1.12 bits per heavy atom. The molecule has 1 aromatic rings. The monoisotopic (exact) mass is 257 g/mol. The van der Waals surface area contributed by atoms with Gasteiger partial charge in [-0.05, 0) is 31.3 Å². The summed E-state index contributed by atoms with van der Waals surface area (Å²) in [5.74, 6) is 0. The third kappa shape index (κ3) is 4.33. The van der Waals surface area contributed by atoms with Gasteiger partial charge in [0, 0.05) is 25.3 Å². The van der Waals surface area contributed by atoms with Gasteiger partial charge in [0.1, 0.15) is 0 Å². The van der Waals surface area contributed by atoms with Crippen molar-refractivity contribution in [3.05, 3.63) is 24.3 Å². The highest BCUT2D eigenvalue weighted by Crippen LogP contribution is 2.13. The number of hydrogen-bond donors (Lipinski definition) is 3. The number of rotatable bonds is 7. The van der Waals surface area contributed by atoms with E-state index in [0.717, 1.165) is 18.8 Å². The van der Waals surface area contributed by atoms with Gasteiger partial charge >= 0.3 is 0 Å². The van der Waals surface area contributed by atoms with Gasteiger partial charge in [-0.1, -0.05) is 6.92 Å². The van der Waals surface area contributed by atoms with Gasteiger partial charge in [-0.25, -0.2) is 13.1 Å². The lowest BCUT2D eigenvalue weighted by atomic mass is 10.3. The van der Waals surface area contributed by atoms with Gasteiger partial charge in [-0.3, -0.25) is 0 Å². The zero-order valence-corrected chi connectivity index (χ0v) is 11.0. The van der Waals surface area contributed by atoms with Gasteiger partial charge in [0.15, 0.2) is 0 Å². The van der Waals surface area contributed by atoms with E-state index in [0.29, 0.717) is 11.4 Å². The molecule has 0 aromatic heterocycles. The summed E-state index contributed by atoms with van der Waals surface area (Å²) < 4.78 is 25.8. The largest absolute Gasteiger partial charge is 0.384 e. The predicted octanol–water partition coefficient (Wildman–Crippen LogP) is 0.616. The van der Waals surface area contributed by atoms with Crippen LogP contribution in [0.5, 0.6) is 0 Å². The van der Waals surface area contributed by atoms with Gasteiger partial charge in [-0.15, -0.1) is 0 Å². The van der Waals surface area contributed by atoms with Crippen molar-refractivity contribution in [1.29, 1.82) is 0 Å². The van der Waals surface area contributed by atoms with Crippen LogP contribution in [0.25, 0.3) is 0 Å². The first-order valence-electron chi connectivity index (χ1n) is 5.58. The van der Waals surface area contributed by atoms with Gasteiger partial charge in [0.25, 0.3) is 0 Å². The molecule has 0 saturated carbocycles. The summed E-state index contributed by atoms with van der Waals surface area (Å²) in [5, 5.41) is 6.20. The molecule has 0 fully saturated rings. The normalized spacial score (nSPS) is 11.4. The van der Waals surface area contributed by atoms with Crippen LogP contribution in [0.3, 0.4) is 0 Å². The van der Waals surface area contributed by atoms with Crippen LogP contribution in [-0.2, 0) is 10.0 Å². The van der Waals surface area contributed by atoms with Crippen molar-refractivity contribution >= 4 is 15.7 Å². The van der Waals surface area contributed by atoms with Crippen molar-refractivity contribution < 1.29 is 8.42 Å². The molecule has 0 spiro atoms. The number of benzene rings is 1. The van der Waals surface area contributed by atoms with E-state index in [1.807, 2.05) is 7.05 Å². The van der Waals surface area contributed by atoms with Crippen LogP contribution in [0.4, 0.5) is 5.69 Å². The Labute approximate surface area is 103 Å². The summed E-state index contributed by atoms with van der Waals surface area (Å²) in [5.41, 5.74) is 0.913. The summed E-state index contributed by atoms with van der Waals surface area (Å²) in [7, 11) is -1.46. The summed E-state index contributed by atoms with van der Waals surface area (Å²) in [4.78, 5) is 0.290. The quantitative estimate of drug-likeness (QED) is 0.626. The molecule has 0 saturated heterocycles. The van der Waals surface area contributed by atoms with Gasteiger partial charge in [0.05, 0.1) is 4.90 Å². The average Bonchev–Trinajstić information content (AvgIpc) is 2.30. The maximum absolute atomic E-state index is 11.7. The molecule has 0 aliphatic heterocycles. The van der Waals surface area contributed by atoms with Crippen LogP contribution in [0, 0.1) is 0 Å². The topological polar surface area (TPSA) is 70.2 Å². The van der Waals surface area contributed by atoms with E-state index in [4.69, 9.17) is 0 Å². The highest BCUT2D eigenvalue weighted by molar-refractivity contribution is 7.89. The third-order valence-corrected chi connectivity index (χ3v) is 3.76. The number of sulfonamides is 1. The molecule has 3 N–H and O–H groups in total. The van der Waals surface area contributed by atoms with Gasteiger partial charge in [-0.2, -0.15) is 0 Å². The van der Waals surface area contributed by atoms with Crippen LogP contribution in [0.1, 0.15) is 6.92 Å². The minimum Gasteiger partial charge on any atom is -0.384 e. The summed E-state index contributed by atoms with van der Waals surface area (Å²) >= 11 is 0. The first-order valence-corrected chi connectivity index (χ1v) is 7.06. The first kappa shape index (κ1) is 14.0. The van der Waals surface area contributed by atoms with E-state index < -0.39 is 10.0 Å². The number of anilines is 1. The molecule has 0 amide bonds. The molecular weight excluding hydrogens is 238 g/mol. The van der Waals surface area contributed by atoms with E-state index in [1.54, 1.807) is 31.2 Å². The second kappa shape index (κ2) is 6.58. The van der Waals surface area contributed by atoms with Crippen molar-refractivity contribution in [2.45, 2.75) is 11.8 Å². The van der Waals surface area contributed by atoms with Gasteiger partial charge in [0.2, 0.25) is 10.0 Å². The first-order chi connectivity index (χ1) is 8.10. The minimum absolute atomic E-state index is 0.290. The van der Waals surface area contributed by atoms with E-state index >= 15 is 0 Å². The fourth-order valence-electron chi connectivity index (χ4n) is 1.36. The molecular formula is C11H19N3O2S. The molecule has 0 aliphatic carbocycles. The molecule has 17 heavy (non-hydrogen) atoms. The fraction of sp³-hybridized carbons (Fsp3) is 0.455. The SMILES string of the molecule is CCNS(=O)(=O)c1ccc(NCCNC)cc1. The highest BCUT2D eigenvalue weighted by Gasteiger charge is 2.11. The van der Waals surface area contributed by atoms with E-state index in [9.17, 15) is 8.42 Å². The van der Waals surface area contributed by atoms with Crippen molar-refractivity contribution in [2.24, 2.45) is 0 Å². The zero-order chi connectivity index (χ0) is 12.7. The second-order valence-electron chi connectivity index (χ2n) is 3.56. The highest BCUT2D eigenvalue weighted by atomic mass is 32.2. The lowest BCUT2D eigenvalue weighted by Crippen LogP contribution is -2.23. The molecule has 0 radical (unpaired) electrons. The molecule has 0 unspecified atom stereocenters. The summed E-state index contributed by atoms with van der Waals surface area (Å²) in [6.07, 6.45) is 0. The molecule has 0 heterocycles. The Morgan fingerprint density at radius 2 is 1.76 bits per heavy atom. The zero-order valence-electron chi connectivity index (χ0n) is 10.2. The molecule has 1 rings (SSSR count).